The molecule has 2 heterocycles. The number of hydrogen-bond donors (Lipinski definition) is 1. The Morgan fingerprint density at radius 1 is 1.15 bits per heavy atom. The molecule has 40 heavy (non-hydrogen) atoms. The molecule has 3 fully saturated rings. The van der Waals surface area contributed by atoms with E-state index in [1.807, 2.05) is 23.5 Å². The number of methoxy groups -OCH3 is 1. The second-order valence-corrected chi connectivity index (χ2v) is 14.7. The average Bonchev–Trinajstić information content (AvgIpc) is 3.12. The fraction of sp³-hybridized carbons (Fsp3) is 0.806. The van der Waals surface area contributed by atoms with Gasteiger partial charge in [0.05, 0.1) is 16.6 Å². The average molecular weight is 597 g/mol. The van der Waals surface area contributed by atoms with Gasteiger partial charge in [0, 0.05) is 26.9 Å². The largest absolute Gasteiger partial charge is 0.466 e. The summed E-state index contributed by atoms with van der Waals surface area (Å²) in [4.78, 5) is 23.9. The summed E-state index contributed by atoms with van der Waals surface area (Å²) >= 11 is 3.95. The standard InChI is InChI=1S/C31H48O7S2/c1-5-6-7-8-9-10-12-23-17-27-30(20-28-39-15-11-16-40-28)19-24(37-22(3)33)18-26(25(23)13-14-36-21(2)32)31(27,34)38-29(30)35-4/h5-6,17,23-26,28-29,34H,7-16,18-20H2,1-4H3/b6-5+/t23-,24+,25+,26-,29+,30+,31-/m0/s1. The van der Waals surface area contributed by atoms with Crippen LogP contribution in [-0.4, -0.2) is 65.0 Å². The number of hydrogen-bond acceptors (Lipinski definition) is 9. The van der Waals surface area contributed by atoms with E-state index >= 15 is 0 Å². The number of carbonyl (C=O) groups excluding carboxylic acids is 2. The maximum absolute atomic E-state index is 12.5. The minimum Gasteiger partial charge on any atom is -0.466 e. The zero-order valence-electron chi connectivity index (χ0n) is 24.6. The summed E-state index contributed by atoms with van der Waals surface area (Å²) in [7, 11) is 1.65. The van der Waals surface area contributed by atoms with Crippen LogP contribution in [0, 0.1) is 23.2 Å². The van der Waals surface area contributed by atoms with Crippen LogP contribution in [0.4, 0.5) is 0 Å². The molecule has 0 aromatic rings. The normalized spacial score (nSPS) is 35.8. The summed E-state index contributed by atoms with van der Waals surface area (Å²) in [5.74, 6) is 0.0729. The van der Waals surface area contributed by atoms with Crippen molar-refractivity contribution in [1.29, 1.82) is 0 Å². The first-order valence-corrected chi connectivity index (χ1v) is 17.1. The third-order valence-corrected chi connectivity index (χ3v) is 12.0. The highest BCUT2D eigenvalue weighted by molar-refractivity contribution is 8.17. The van der Waals surface area contributed by atoms with Crippen LogP contribution in [0.1, 0.15) is 85.0 Å². The highest BCUT2D eigenvalue weighted by Gasteiger charge is 2.69. The van der Waals surface area contributed by atoms with E-state index < -0.39 is 17.5 Å². The Hall–Kier alpha value is -1.00. The number of carbonyl (C=O) groups is 2. The molecule has 1 N–H and O–H groups in total. The number of esters is 2. The van der Waals surface area contributed by atoms with Gasteiger partial charge in [-0.2, -0.15) is 0 Å². The van der Waals surface area contributed by atoms with Crippen molar-refractivity contribution in [2.75, 3.05) is 25.2 Å². The number of thioether (sulfide) groups is 2. The summed E-state index contributed by atoms with van der Waals surface area (Å²) in [6.45, 7) is 5.24. The van der Waals surface area contributed by atoms with Gasteiger partial charge in [0.25, 0.3) is 0 Å². The topological polar surface area (TPSA) is 91.3 Å². The van der Waals surface area contributed by atoms with Crippen LogP contribution in [0.3, 0.4) is 0 Å². The lowest BCUT2D eigenvalue weighted by Crippen LogP contribution is -2.49. The Morgan fingerprint density at radius 2 is 1.93 bits per heavy atom. The van der Waals surface area contributed by atoms with Crippen molar-refractivity contribution < 1.29 is 33.6 Å². The molecule has 2 aliphatic carbocycles. The molecule has 226 valence electrons. The molecule has 4 aliphatic rings. The lowest BCUT2D eigenvalue weighted by atomic mass is 9.63. The second kappa shape index (κ2) is 14.5. The van der Waals surface area contributed by atoms with Crippen LogP contribution in [0.15, 0.2) is 23.8 Å². The first-order valence-electron chi connectivity index (χ1n) is 15.0. The monoisotopic (exact) mass is 596 g/mol. The van der Waals surface area contributed by atoms with Crippen LogP contribution in [-0.2, 0) is 28.5 Å². The minimum atomic E-state index is -1.50. The summed E-state index contributed by atoms with van der Waals surface area (Å²) in [5.41, 5.74) is 0.353. The maximum atomic E-state index is 12.5. The van der Waals surface area contributed by atoms with E-state index in [0.29, 0.717) is 30.5 Å². The molecule has 2 aliphatic heterocycles. The molecule has 4 bridgehead atoms. The first-order chi connectivity index (χ1) is 19.2. The van der Waals surface area contributed by atoms with Gasteiger partial charge < -0.3 is 24.1 Å². The fourth-order valence-electron chi connectivity index (χ4n) is 7.51. The predicted octanol–water partition coefficient (Wildman–Crippen LogP) is 6.24. The maximum Gasteiger partial charge on any atom is 0.302 e. The summed E-state index contributed by atoms with van der Waals surface area (Å²) in [6.07, 6.45) is 14.8. The van der Waals surface area contributed by atoms with Gasteiger partial charge >= 0.3 is 11.9 Å². The van der Waals surface area contributed by atoms with E-state index in [4.69, 9.17) is 18.9 Å². The van der Waals surface area contributed by atoms with Crippen LogP contribution < -0.4 is 0 Å². The number of allylic oxidation sites excluding steroid dienone is 3. The Bertz CT molecular complexity index is 933. The molecular weight excluding hydrogens is 548 g/mol. The van der Waals surface area contributed by atoms with Crippen LogP contribution in [0.2, 0.25) is 0 Å². The predicted molar refractivity (Wildman–Crippen MR) is 160 cm³/mol. The van der Waals surface area contributed by atoms with Crippen molar-refractivity contribution in [2.45, 2.75) is 108 Å². The van der Waals surface area contributed by atoms with Gasteiger partial charge in [0.15, 0.2) is 12.1 Å². The van der Waals surface area contributed by atoms with E-state index in [1.165, 1.54) is 20.3 Å². The molecule has 4 rings (SSSR count). The summed E-state index contributed by atoms with van der Waals surface area (Å²) < 4.78 is 24.3. The van der Waals surface area contributed by atoms with E-state index in [2.05, 4.69) is 25.2 Å². The molecule has 0 spiro atoms. The molecule has 0 unspecified atom stereocenters. The quantitative estimate of drug-likeness (QED) is 0.151. The molecule has 9 heteroatoms. The second-order valence-electron chi connectivity index (χ2n) is 11.8. The number of rotatable bonds is 13. The highest BCUT2D eigenvalue weighted by Crippen LogP contribution is 2.65. The van der Waals surface area contributed by atoms with Crippen molar-refractivity contribution in [1.82, 2.24) is 0 Å². The van der Waals surface area contributed by atoms with Gasteiger partial charge in [0.2, 0.25) is 0 Å². The molecule has 7 nitrogen and oxygen atoms in total. The minimum absolute atomic E-state index is 0.0199. The van der Waals surface area contributed by atoms with Crippen molar-refractivity contribution in [3.8, 4) is 0 Å². The van der Waals surface area contributed by atoms with E-state index in [9.17, 15) is 14.7 Å². The molecule has 1 saturated carbocycles. The van der Waals surface area contributed by atoms with Crippen LogP contribution in [0.5, 0.6) is 0 Å². The van der Waals surface area contributed by atoms with Gasteiger partial charge in [0.1, 0.15) is 6.10 Å². The summed E-state index contributed by atoms with van der Waals surface area (Å²) in [6, 6.07) is 0. The molecule has 7 atom stereocenters. The molecule has 2 saturated heterocycles. The number of unbranched alkanes of at least 4 members (excludes halogenated alkanes) is 3. The van der Waals surface area contributed by atoms with Gasteiger partial charge in [-0.25, -0.2) is 0 Å². The number of ether oxygens (including phenoxy) is 4. The smallest absolute Gasteiger partial charge is 0.302 e. The summed E-state index contributed by atoms with van der Waals surface area (Å²) in [5, 5.41) is 12.5. The first kappa shape index (κ1) is 31.9. The number of aliphatic hydroxyl groups is 1. The molecule has 0 radical (unpaired) electrons. The van der Waals surface area contributed by atoms with Crippen molar-refractivity contribution in [3.05, 3.63) is 23.8 Å². The molecule has 0 aromatic heterocycles. The van der Waals surface area contributed by atoms with Crippen molar-refractivity contribution in [3.63, 3.8) is 0 Å². The van der Waals surface area contributed by atoms with Gasteiger partial charge in [-0.15, -0.1) is 23.5 Å². The molecule has 0 amide bonds. The lowest BCUT2D eigenvalue weighted by Gasteiger charge is -2.45. The molecular formula is C31H48O7S2. The zero-order valence-corrected chi connectivity index (χ0v) is 26.2. The third-order valence-electron chi connectivity index (χ3n) is 9.09. The van der Waals surface area contributed by atoms with Crippen molar-refractivity contribution >= 4 is 35.5 Å². The van der Waals surface area contributed by atoms with Crippen LogP contribution >= 0.6 is 23.5 Å². The van der Waals surface area contributed by atoms with E-state index in [0.717, 1.165) is 55.6 Å². The fourth-order valence-corrected chi connectivity index (χ4v) is 10.6. The zero-order chi connectivity index (χ0) is 28.8. The van der Waals surface area contributed by atoms with E-state index in [-0.39, 0.29) is 35.8 Å². The van der Waals surface area contributed by atoms with Crippen molar-refractivity contribution in [2.24, 2.45) is 23.2 Å². The lowest BCUT2D eigenvalue weighted by molar-refractivity contribution is -0.288. The SMILES string of the molecule is C/C=C/CCCCC[C@H]1C=C2[C@]3(CC4SCCCS4)C[C@H](OC(C)=O)C[C@@H]([C@@H]1CCOC(C)=O)[C@]2(O)O[C@H]3OC. The third kappa shape index (κ3) is 7.13. The van der Waals surface area contributed by atoms with Gasteiger partial charge in [-0.05, 0) is 87.2 Å². The van der Waals surface area contributed by atoms with E-state index in [1.54, 1.807) is 7.11 Å². The Balaban J connectivity index is 1.71. The highest BCUT2D eigenvalue weighted by atomic mass is 32.2. The van der Waals surface area contributed by atoms with Crippen LogP contribution in [0.25, 0.3) is 0 Å². The molecule has 0 aromatic carbocycles. The van der Waals surface area contributed by atoms with Gasteiger partial charge in [-0.3, -0.25) is 9.59 Å². The Kier molecular flexibility index (Phi) is 11.5. The Labute approximate surface area is 248 Å². The van der Waals surface area contributed by atoms with Gasteiger partial charge in [-0.1, -0.05) is 31.1 Å². The Morgan fingerprint density at radius 3 is 2.60 bits per heavy atom.